The molecule has 0 saturated carbocycles. The van der Waals surface area contributed by atoms with Crippen molar-refractivity contribution < 1.29 is 28.4 Å². The Morgan fingerprint density at radius 1 is 1.34 bits per heavy atom. The van der Waals surface area contributed by atoms with Crippen LogP contribution < -0.4 is 10.1 Å². The minimum absolute atomic E-state index is 0.116. The Hall–Kier alpha value is -3.51. The summed E-state index contributed by atoms with van der Waals surface area (Å²) in [5.41, 5.74) is 0.572. The zero-order chi connectivity index (χ0) is 24.9. The lowest BCUT2D eigenvalue weighted by Crippen LogP contribution is -2.38. The fraction of sp³-hybridized carbons (Fsp3) is 0.348. The number of anilines is 1. The number of nitro benzene ring substituents is 1. The average molecular weight is 503 g/mol. The predicted molar refractivity (Wildman–Crippen MR) is 128 cm³/mol. The number of rotatable bonds is 8. The first-order valence-corrected chi connectivity index (χ1v) is 11.8. The number of amides is 2. The van der Waals surface area contributed by atoms with Crippen LogP contribution in [0.3, 0.4) is 0 Å². The van der Waals surface area contributed by atoms with Gasteiger partial charge in [0.05, 0.1) is 42.1 Å². The Morgan fingerprint density at radius 2 is 2.11 bits per heavy atom. The van der Waals surface area contributed by atoms with Gasteiger partial charge in [0.1, 0.15) is 16.8 Å². The average Bonchev–Trinajstić information content (AvgIpc) is 3.45. The van der Waals surface area contributed by atoms with E-state index < -0.39 is 21.9 Å². The number of thioether (sulfide) groups is 1. The van der Waals surface area contributed by atoms with Crippen molar-refractivity contribution in [2.45, 2.75) is 30.6 Å². The zero-order valence-electron chi connectivity index (χ0n) is 18.8. The minimum atomic E-state index is -0.723. The highest BCUT2D eigenvalue weighted by molar-refractivity contribution is 8.15. The number of non-ortho nitro benzene ring substituents is 1. The van der Waals surface area contributed by atoms with Crippen molar-refractivity contribution >= 4 is 45.8 Å². The molecule has 2 atom stereocenters. The number of halogens is 1. The van der Waals surface area contributed by atoms with Gasteiger partial charge >= 0.3 is 0 Å². The van der Waals surface area contributed by atoms with Crippen LogP contribution in [0.4, 0.5) is 21.5 Å². The van der Waals surface area contributed by atoms with Gasteiger partial charge in [-0.1, -0.05) is 11.8 Å². The monoisotopic (exact) mass is 502 g/mol. The highest BCUT2D eigenvalue weighted by Gasteiger charge is 2.40. The maximum absolute atomic E-state index is 13.3. The lowest BCUT2D eigenvalue weighted by molar-refractivity contribution is -0.384. The van der Waals surface area contributed by atoms with E-state index in [2.05, 4.69) is 10.3 Å². The lowest BCUT2D eigenvalue weighted by atomic mass is 10.2. The van der Waals surface area contributed by atoms with E-state index in [0.29, 0.717) is 24.0 Å². The maximum Gasteiger partial charge on any atom is 0.273 e. The fourth-order valence-corrected chi connectivity index (χ4v) is 4.94. The van der Waals surface area contributed by atoms with Gasteiger partial charge in [0, 0.05) is 19.1 Å². The summed E-state index contributed by atoms with van der Waals surface area (Å²) in [6, 6.07) is 9.44. The van der Waals surface area contributed by atoms with Crippen LogP contribution in [-0.2, 0) is 14.3 Å². The molecule has 4 rings (SSSR count). The largest absolute Gasteiger partial charge is 0.494 e. The first kappa shape index (κ1) is 24.6. The molecule has 2 aliphatic heterocycles. The molecule has 0 unspecified atom stereocenters. The van der Waals surface area contributed by atoms with Gasteiger partial charge in [0.2, 0.25) is 11.8 Å². The number of amidine groups is 1. The molecule has 1 N–H and O–H groups in total. The molecule has 2 aromatic carbocycles. The summed E-state index contributed by atoms with van der Waals surface area (Å²) in [7, 11) is 1.34. The summed E-state index contributed by atoms with van der Waals surface area (Å²) < 4.78 is 24.1. The van der Waals surface area contributed by atoms with E-state index >= 15 is 0 Å². The number of hydrogen-bond acceptors (Lipinski definition) is 8. The molecule has 0 aromatic heterocycles. The number of carbonyl (C=O) groups excluding carboxylic acids is 2. The second-order valence-electron chi connectivity index (χ2n) is 7.96. The van der Waals surface area contributed by atoms with Crippen LogP contribution in [0, 0.1) is 15.9 Å². The summed E-state index contributed by atoms with van der Waals surface area (Å²) >= 11 is 1.16. The van der Waals surface area contributed by atoms with Gasteiger partial charge in [-0.2, -0.15) is 0 Å². The number of nitro groups is 1. The summed E-state index contributed by atoms with van der Waals surface area (Å²) in [6.07, 6.45) is 1.47. The molecule has 0 spiro atoms. The van der Waals surface area contributed by atoms with Gasteiger partial charge in [-0.15, -0.1) is 0 Å². The second kappa shape index (κ2) is 10.8. The van der Waals surface area contributed by atoms with Gasteiger partial charge in [0.25, 0.3) is 5.69 Å². The highest BCUT2D eigenvalue weighted by atomic mass is 32.2. The summed E-state index contributed by atoms with van der Waals surface area (Å²) in [5, 5.41) is 13.3. The molecular formula is C23H23FN4O6S. The molecule has 10 nitrogen and oxygen atoms in total. The maximum atomic E-state index is 13.3. The van der Waals surface area contributed by atoms with Gasteiger partial charge in [-0.3, -0.25) is 24.6 Å². The van der Waals surface area contributed by atoms with Crippen molar-refractivity contribution in [3.63, 3.8) is 0 Å². The molecule has 2 amide bonds. The van der Waals surface area contributed by atoms with Crippen LogP contribution in [-0.4, -0.2) is 58.4 Å². The molecule has 12 heteroatoms. The molecule has 2 aliphatic rings. The van der Waals surface area contributed by atoms with Gasteiger partial charge in [0.15, 0.2) is 5.17 Å². The minimum Gasteiger partial charge on any atom is -0.494 e. The Morgan fingerprint density at radius 3 is 2.77 bits per heavy atom. The van der Waals surface area contributed by atoms with Gasteiger partial charge < -0.3 is 14.8 Å². The summed E-state index contributed by atoms with van der Waals surface area (Å²) in [4.78, 5) is 42.4. The van der Waals surface area contributed by atoms with Crippen LogP contribution in [0.5, 0.6) is 5.75 Å². The normalized spacial score (nSPS) is 20.9. The summed E-state index contributed by atoms with van der Waals surface area (Å²) in [6.45, 7) is 0.952. The number of nitrogens with zero attached hydrogens (tertiary/aromatic N) is 3. The van der Waals surface area contributed by atoms with Gasteiger partial charge in [-0.05, 0) is 43.2 Å². The molecule has 0 aliphatic carbocycles. The molecule has 0 bridgehead atoms. The van der Waals surface area contributed by atoms with E-state index in [1.807, 2.05) is 0 Å². The molecule has 2 fully saturated rings. The number of methoxy groups -OCH3 is 1. The van der Waals surface area contributed by atoms with Crippen molar-refractivity contribution in [1.29, 1.82) is 0 Å². The van der Waals surface area contributed by atoms with Crippen molar-refractivity contribution in [2.75, 3.05) is 25.6 Å². The third kappa shape index (κ3) is 5.95. The Balaban J connectivity index is 1.50. The van der Waals surface area contributed by atoms with Crippen LogP contribution >= 0.6 is 11.8 Å². The fourth-order valence-electron chi connectivity index (χ4n) is 3.78. The Bertz CT molecular complexity index is 1150. The van der Waals surface area contributed by atoms with E-state index in [4.69, 9.17) is 9.47 Å². The first-order valence-electron chi connectivity index (χ1n) is 10.9. The molecule has 0 radical (unpaired) electrons. The van der Waals surface area contributed by atoms with E-state index in [1.54, 1.807) is 0 Å². The highest BCUT2D eigenvalue weighted by Crippen LogP contribution is 2.34. The van der Waals surface area contributed by atoms with Crippen molar-refractivity contribution in [1.82, 2.24) is 4.90 Å². The molecular weight excluding hydrogens is 479 g/mol. The first-order chi connectivity index (χ1) is 16.8. The van der Waals surface area contributed by atoms with Crippen molar-refractivity contribution in [3.05, 3.63) is 58.4 Å². The Labute approximate surface area is 204 Å². The van der Waals surface area contributed by atoms with Crippen LogP contribution in [0.15, 0.2) is 47.5 Å². The standard InChI is InChI=1S/C23H23FN4O6S/c1-33-19-11-16(28(31)32)8-9-18(19)26-21(29)12-20-22(30)27(13-17-3-2-10-34-17)23(35-20)25-15-6-4-14(24)5-7-15/h4-9,11,17,20H,2-3,10,12-13H2,1H3,(H,26,29)/t17-,20-/m0/s1. The quantitative estimate of drug-likeness (QED) is 0.429. The predicted octanol–water partition coefficient (Wildman–Crippen LogP) is 3.88. The molecule has 2 saturated heterocycles. The van der Waals surface area contributed by atoms with Crippen LogP contribution in [0.2, 0.25) is 0 Å². The third-order valence-corrected chi connectivity index (χ3v) is 6.70. The van der Waals surface area contributed by atoms with E-state index in [9.17, 15) is 24.1 Å². The number of carbonyl (C=O) groups is 2. The number of ether oxygens (including phenoxy) is 2. The van der Waals surface area contributed by atoms with E-state index in [-0.39, 0.29) is 35.6 Å². The summed E-state index contributed by atoms with van der Waals surface area (Å²) in [5.74, 6) is -0.978. The van der Waals surface area contributed by atoms with Gasteiger partial charge in [-0.25, -0.2) is 9.38 Å². The number of hydrogen-bond donors (Lipinski definition) is 1. The number of nitrogens with one attached hydrogen (secondary N) is 1. The van der Waals surface area contributed by atoms with Crippen LogP contribution in [0.25, 0.3) is 0 Å². The number of aliphatic imine (C=N–C) groups is 1. The molecule has 2 aromatic rings. The molecule has 2 heterocycles. The van der Waals surface area contributed by atoms with Crippen LogP contribution in [0.1, 0.15) is 19.3 Å². The second-order valence-corrected chi connectivity index (χ2v) is 9.13. The Kier molecular flexibility index (Phi) is 7.61. The molecule has 35 heavy (non-hydrogen) atoms. The lowest BCUT2D eigenvalue weighted by Gasteiger charge is -2.20. The SMILES string of the molecule is COc1cc([N+](=O)[O-])ccc1NC(=O)C[C@@H]1SC(=Nc2ccc(F)cc2)N(C[C@@H]2CCCO2)C1=O. The van der Waals surface area contributed by atoms with E-state index in [1.165, 1.54) is 54.5 Å². The van der Waals surface area contributed by atoms with Crippen molar-refractivity contribution in [3.8, 4) is 5.75 Å². The number of benzene rings is 2. The molecule has 184 valence electrons. The zero-order valence-corrected chi connectivity index (χ0v) is 19.6. The van der Waals surface area contributed by atoms with Crippen molar-refractivity contribution in [2.24, 2.45) is 4.99 Å². The third-order valence-electron chi connectivity index (χ3n) is 5.52. The van der Waals surface area contributed by atoms with E-state index in [0.717, 1.165) is 24.6 Å². The topological polar surface area (TPSA) is 123 Å². The smallest absolute Gasteiger partial charge is 0.273 e.